The second-order valence-corrected chi connectivity index (χ2v) is 7.79. The van der Waals surface area contributed by atoms with Gasteiger partial charge in [0, 0.05) is 12.1 Å². The number of carbonyl (C=O) groups is 4. The van der Waals surface area contributed by atoms with E-state index < -0.39 is 29.6 Å². The third-order valence-electron chi connectivity index (χ3n) is 4.85. The van der Waals surface area contributed by atoms with Crippen molar-refractivity contribution in [2.45, 2.75) is 46.7 Å². The number of hydrogen-bond donors (Lipinski definition) is 3. The molecule has 176 valence electrons. The Morgan fingerprint density at radius 2 is 1.75 bits per heavy atom. The quantitative estimate of drug-likeness (QED) is 0.326. The molecular weight excluding hydrogens is 417 g/mol. The number of Topliss-reactive ketones (excluding diaryl/α,β-unsaturated/α-hetero) is 1. The number of halogens is 1. The lowest BCUT2D eigenvalue weighted by Gasteiger charge is -2.28. The molecule has 10 heteroatoms. The molecule has 1 aromatic rings. The topological polar surface area (TPSA) is 139 Å². The SMILES string of the molecule is CCN(C=O)C(=O)N(Cc1ccc(F)cc1)/C(N)=C(\C)C(=O)CN[C@@H](CC(C)C)C(N)=O. The van der Waals surface area contributed by atoms with E-state index in [0.29, 0.717) is 18.4 Å². The van der Waals surface area contributed by atoms with Crippen LogP contribution in [0.2, 0.25) is 0 Å². The summed E-state index contributed by atoms with van der Waals surface area (Å²) in [7, 11) is 0. The van der Waals surface area contributed by atoms with Crippen LogP contribution in [-0.4, -0.2) is 53.1 Å². The molecule has 32 heavy (non-hydrogen) atoms. The van der Waals surface area contributed by atoms with Crippen LogP contribution in [0.4, 0.5) is 9.18 Å². The smallest absolute Gasteiger partial charge is 0.332 e. The van der Waals surface area contributed by atoms with E-state index in [4.69, 9.17) is 11.5 Å². The van der Waals surface area contributed by atoms with Crippen LogP contribution in [0.25, 0.3) is 0 Å². The van der Waals surface area contributed by atoms with Crippen molar-refractivity contribution in [3.8, 4) is 0 Å². The van der Waals surface area contributed by atoms with E-state index in [1.165, 1.54) is 31.2 Å². The fraction of sp³-hybridized carbons (Fsp3) is 0.455. The number of urea groups is 1. The van der Waals surface area contributed by atoms with E-state index in [9.17, 15) is 23.6 Å². The zero-order valence-electron chi connectivity index (χ0n) is 18.9. The Balaban J connectivity index is 3.15. The minimum absolute atomic E-state index is 0.0719. The van der Waals surface area contributed by atoms with Gasteiger partial charge in [0.25, 0.3) is 0 Å². The van der Waals surface area contributed by atoms with Crippen molar-refractivity contribution in [2.24, 2.45) is 17.4 Å². The van der Waals surface area contributed by atoms with Gasteiger partial charge < -0.3 is 11.5 Å². The fourth-order valence-electron chi connectivity index (χ4n) is 2.90. The number of amides is 4. The van der Waals surface area contributed by atoms with Crippen LogP contribution in [0.15, 0.2) is 35.7 Å². The number of nitrogens with zero attached hydrogens (tertiary/aromatic N) is 2. The molecule has 0 aliphatic rings. The maximum atomic E-state index is 13.2. The normalized spacial score (nSPS) is 12.7. The van der Waals surface area contributed by atoms with Crippen molar-refractivity contribution >= 4 is 24.1 Å². The Bertz CT molecular complexity index is 854. The lowest BCUT2D eigenvalue weighted by molar-refractivity contribution is -0.121. The molecule has 4 amide bonds. The summed E-state index contributed by atoms with van der Waals surface area (Å²) < 4.78 is 13.2. The Hall–Kier alpha value is -3.27. The molecule has 0 heterocycles. The van der Waals surface area contributed by atoms with Gasteiger partial charge in [0.2, 0.25) is 12.3 Å². The average Bonchev–Trinajstić information content (AvgIpc) is 2.75. The molecule has 0 radical (unpaired) electrons. The van der Waals surface area contributed by atoms with Gasteiger partial charge in [-0.05, 0) is 43.9 Å². The fourth-order valence-corrected chi connectivity index (χ4v) is 2.90. The Morgan fingerprint density at radius 3 is 2.22 bits per heavy atom. The summed E-state index contributed by atoms with van der Waals surface area (Å²) in [5.41, 5.74) is 12.2. The first-order valence-corrected chi connectivity index (χ1v) is 10.3. The molecule has 0 saturated heterocycles. The van der Waals surface area contributed by atoms with Gasteiger partial charge in [-0.25, -0.2) is 9.18 Å². The number of rotatable bonds is 12. The van der Waals surface area contributed by atoms with Gasteiger partial charge in [-0.2, -0.15) is 0 Å². The van der Waals surface area contributed by atoms with Crippen LogP contribution in [0.3, 0.4) is 0 Å². The maximum absolute atomic E-state index is 13.2. The zero-order valence-corrected chi connectivity index (χ0v) is 18.9. The molecule has 1 aromatic carbocycles. The van der Waals surface area contributed by atoms with Crippen molar-refractivity contribution in [2.75, 3.05) is 13.1 Å². The molecular formula is C22H32FN5O4. The number of ketones is 1. The van der Waals surface area contributed by atoms with Crippen molar-refractivity contribution in [3.05, 3.63) is 47.0 Å². The Morgan fingerprint density at radius 1 is 1.16 bits per heavy atom. The number of nitrogens with two attached hydrogens (primary N) is 2. The molecule has 0 bridgehead atoms. The Labute approximate surface area is 187 Å². The third-order valence-corrected chi connectivity index (χ3v) is 4.85. The average molecular weight is 450 g/mol. The molecule has 1 atom stereocenters. The van der Waals surface area contributed by atoms with Crippen LogP contribution < -0.4 is 16.8 Å². The number of imide groups is 1. The molecule has 0 aliphatic heterocycles. The van der Waals surface area contributed by atoms with Gasteiger partial charge in [-0.15, -0.1) is 0 Å². The predicted octanol–water partition coefficient (Wildman–Crippen LogP) is 1.47. The first-order chi connectivity index (χ1) is 15.0. The summed E-state index contributed by atoms with van der Waals surface area (Å²) in [4.78, 5) is 50.5. The van der Waals surface area contributed by atoms with Crippen LogP contribution in [0.1, 0.15) is 39.7 Å². The number of carbonyl (C=O) groups excluding carboxylic acids is 4. The molecule has 1 rings (SSSR count). The minimum Gasteiger partial charge on any atom is -0.385 e. The van der Waals surface area contributed by atoms with Crippen molar-refractivity contribution in [3.63, 3.8) is 0 Å². The lowest BCUT2D eigenvalue weighted by atomic mass is 10.0. The van der Waals surface area contributed by atoms with E-state index in [-0.39, 0.29) is 36.9 Å². The molecule has 5 N–H and O–H groups in total. The summed E-state index contributed by atoms with van der Waals surface area (Å²) in [6.45, 7) is 6.72. The second kappa shape index (κ2) is 12.6. The van der Waals surface area contributed by atoms with Gasteiger partial charge >= 0.3 is 6.03 Å². The largest absolute Gasteiger partial charge is 0.385 e. The van der Waals surface area contributed by atoms with Crippen LogP contribution >= 0.6 is 0 Å². The van der Waals surface area contributed by atoms with Gasteiger partial charge in [-0.3, -0.25) is 29.5 Å². The minimum atomic E-state index is -0.723. The molecule has 0 unspecified atom stereocenters. The standard InChI is InChI=1S/C22H32FN5O4/c1-5-27(13-29)22(32)28(12-16-6-8-17(23)9-7-16)20(24)15(4)19(30)11-26-18(21(25)31)10-14(2)3/h6-9,13-14,18,26H,5,10-12,24H2,1-4H3,(H2,25,31)/b20-15+/t18-/m0/s1. The highest BCUT2D eigenvalue weighted by Crippen LogP contribution is 2.15. The van der Waals surface area contributed by atoms with Crippen LogP contribution in [0, 0.1) is 11.7 Å². The highest BCUT2D eigenvalue weighted by Gasteiger charge is 2.25. The van der Waals surface area contributed by atoms with Gasteiger partial charge in [0.15, 0.2) is 5.78 Å². The summed E-state index contributed by atoms with van der Waals surface area (Å²) in [6.07, 6.45) is 0.830. The van der Waals surface area contributed by atoms with E-state index in [1.807, 2.05) is 13.8 Å². The highest BCUT2D eigenvalue weighted by molar-refractivity contribution is 5.98. The Kier molecular flexibility index (Phi) is 10.5. The molecule has 0 saturated carbocycles. The molecule has 0 spiro atoms. The molecule has 0 aliphatic carbocycles. The van der Waals surface area contributed by atoms with E-state index in [1.54, 1.807) is 6.92 Å². The summed E-state index contributed by atoms with van der Waals surface area (Å²) in [5, 5.41) is 2.83. The summed E-state index contributed by atoms with van der Waals surface area (Å²) in [5.74, 6) is -1.42. The van der Waals surface area contributed by atoms with Gasteiger partial charge in [0.1, 0.15) is 11.6 Å². The highest BCUT2D eigenvalue weighted by atomic mass is 19.1. The summed E-state index contributed by atoms with van der Waals surface area (Å²) >= 11 is 0. The van der Waals surface area contributed by atoms with Crippen molar-refractivity contribution < 1.29 is 23.6 Å². The monoisotopic (exact) mass is 449 g/mol. The van der Waals surface area contributed by atoms with Crippen molar-refractivity contribution in [1.82, 2.24) is 15.1 Å². The van der Waals surface area contributed by atoms with Crippen LogP contribution in [0.5, 0.6) is 0 Å². The van der Waals surface area contributed by atoms with Crippen molar-refractivity contribution in [1.29, 1.82) is 0 Å². The summed E-state index contributed by atoms with van der Waals surface area (Å²) in [6, 6.07) is 4.01. The first kappa shape index (κ1) is 26.8. The predicted molar refractivity (Wildman–Crippen MR) is 118 cm³/mol. The maximum Gasteiger partial charge on any atom is 0.332 e. The van der Waals surface area contributed by atoms with Crippen LogP contribution in [-0.2, 0) is 20.9 Å². The van der Waals surface area contributed by atoms with E-state index >= 15 is 0 Å². The zero-order chi connectivity index (χ0) is 24.4. The second-order valence-electron chi connectivity index (χ2n) is 7.79. The first-order valence-electron chi connectivity index (χ1n) is 10.3. The van der Waals surface area contributed by atoms with E-state index in [2.05, 4.69) is 5.32 Å². The lowest BCUT2D eigenvalue weighted by Crippen LogP contribution is -2.46. The number of primary amides is 1. The van der Waals surface area contributed by atoms with E-state index in [0.717, 1.165) is 9.80 Å². The molecule has 9 nitrogen and oxygen atoms in total. The van der Waals surface area contributed by atoms with Gasteiger partial charge in [0.05, 0.1) is 19.1 Å². The molecule has 0 fully saturated rings. The number of hydrogen-bond acceptors (Lipinski definition) is 6. The molecule has 0 aromatic heterocycles. The number of nitrogens with one attached hydrogen (secondary N) is 1. The third kappa shape index (κ3) is 7.77. The number of benzene rings is 1. The van der Waals surface area contributed by atoms with Gasteiger partial charge in [-0.1, -0.05) is 26.0 Å².